The summed E-state index contributed by atoms with van der Waals surface area (Å²) in [7, 11) is 1.71. The van der Waals surface area contributed by atoms with Crippen LogP contribution in [0, 0.1) is 0 Å². The van der Waals surface area contributed by atoms with Crippen LogP contribution in [0.1, 0.15) is 13.8 Å². The van der Waals surface area contributed by atoms with E-state index in [2.05, 4.69) is 10.6 Å². The van der Waals surface area contributed by atoms with Gasteiger partial charge in [-0.2, -0.15) is 0 Å². The number of nitrogens with one attached hydrogen (secondary N) is 2. The minimum absolute atomic E-state index is 0.306. The fourth-order valence-electron chi connectivity index (χ4n) is 1.00. The Kier molecular flexibility index (Phi) is 6.59. The SMILES string of the molecule is CCNC(=O)NC(=O)C(C)N(C)CC(N)=S. The molecule has 1 atom stereocenters. The second-order valence-corrected chi connectivity index (χ2v) is 3.93. The minimum Gasteiger partial charge on any atom is -0.392 e. The standard InChI is InChI=1S/C9H18N4O2S/c1-4-11-9(15)12-8(14)6(2)13(3)5-7(10)16/h6H,4-5H2,1-3H3,(H2,10,16)(H2,11,12,14,15). The molecule has 0 aromatic carbocycles. The predicted octanol–water partition coefficient (Wildman–Crippen LogP) is -0.561. The van der Waals surface area contributed by atoms with Gasteiger partial charge in [0.2, 0.25) is 5.91 Å². The van der Waals surface area contributed by atoms with Crippen LogP contribution in [-0.4, -0.2) is 48.0 Å². The van der Waals surface area contributed by atoms with Crippen molar-refractivity contribution in [2.75, 3.05) is 20.1 Å². The van der Waals surface area contributed by atoms with Crippen LogP contribution in [0.3, 0.4) is 0 Å². The summed E-state index contributed by atoms with van der Waals surface area (Å²) in [6.07, 6.45) is 0. The monoisotopic (exact) mass is 246 g/mol. The van der Waals surface area contributed by atoms with Crippen LogP contribution in [0.15, 0.2) is 0 Å². The number of amides is 3. The predicted molar refractivity (Wildman–Crippen MR) is 66.1 cm³/mol. The Morgan fingerprint density at radius 2 is 2.06 bits per heavy atom. The van der Waals surface area contributed by atoms with Gasteiger partial charge < -0.3 is 11.1 Å². The van der Waals surface area contributed by atoms with Gasteiger partial charge in [0.25, 0.3) is 0 Å². The van der Waals surface area contributed by atoms with Crippen LogP contribution >= 0.6 is 12.2 Å². The lowest BCUT2D eigenvalue weighted by molar-refractivity contribution is -0.124. The number of rotatable bonds is 5. The molecule has 7 heteroatoms. The third-order valence-corrected chi connectivity index (χ3v) is 2.15. The van der Waals surface area contributed by atoms with Gasteiger partial charge in [0, 0.05) is 13.1 Å². The van der Waals surface area contributed by atoms with E-state index in [1.165, 1.54) is 0 Å². The van der Waals surface area contributed by atoms with Gasteiger partial charge in [0.1, 0.15) is 0 Å². The van der Waals surface area contributed by atoms with Crippen LogP contribution < -0.4 is 16.4 Å². The van der Waals surface area contributed by atoms with Crippen LogP contribution in [0.4, 0.5) is 4.79 Å². The Morgan fingerprint density at radius 1 is 1.50 bits per heavy atom. The highest BCUT2D eigenvalue weighted by atomic mass is 32.1. The first-order valence-corrected chi connectivity index (χ1v) is 5.36. The average molecular weight is 246 g/mol. The number of likely N-dealkylation sites (N-methyl/N-ethyl adjacent to an activating group) is 1. The number of imide groups is 1. The topological polar surface area (TPSA) is 87.5 Å². The van der Waals surface area contributed by atoms with Crippen LogP contribution in [0.2, 0.25) is 0 Å². The zero-order chi connectivity index (χ0) is 12.7. The smallest absolute Gasteiger partial charge is 0.321 e. The molecule has 0 spiro atoms. The molecule has 0 saturated carbocycles. The molecule has 0 rings (SSSR count). The van der Waals surface area contributed by atoms with Gasteiger partial charge in [0.15, 0.2) is 0 Å². The minimum atomic E-state index is -0.497. The molecule has 0 aliphatic carbocycles. The van der Waals surface area contributed by atoms with Gasteiger partial charge >= 0.3 is 6.03 Å². The molecule has 3 amide bonds. The molecular formula is C9H18N4O2S. The van der Waals surface area contributed by atoms with E-state index in [9.17, 15) is 9.59 Å². The van der Waals surface area contributed by atoms with Crippen LogP contribution in [0.5, 0.6) is 0 Å². The molecular weight excluding hydrogens is 228 g/mol. The van der Waals surface area contributed by atoms with Gasteiger partial charge in [-0.05, 0) is 20.9 Å². The molecule has 0 aliphatic rings. The number of nitrogens with zero attached hydrogens (tertiary/aromatic N) is 1. The second-order valence-electron chi connectivity index (χ2n) is 3.41. The van der Waals surface area contributed by atoms with E-state index in [-0.39, 0.29) is 5.91 Å². The lowest BCUT2D eigenvalue weighted by Crippen LogP contribution is -2.49. The van der Waals surface area contributed by atoms with Crippen LogP contribution in [0.25, 0.3) is 0 Å². The van der Waals surface area contributed by atoms with Crippen molar-refractivity contribution in [3.63, 3.8) is 0 Å². The summed E-state index contributed by atoms with van der Waals surface area (Å²) in [6, 6.07) is -0.966. The van der Waals surface area contributed by atoms with Gasteiger partial charge in [-0.1, -0.05) is 12.2 Å². The Bertz CT molecular complexity index is 283. The van der Waals surface area contributed by atoms with E-state index in [1.54, 1.807) is 25.8 Å². The van der Waals surface area contributed by atoms with Crippen molar-refractivity contribution < 1.29 is 9.59 Å². The maximum Gasteiger partial charge on any atom is 0.321 e. The van der Waals surface area contributed by atoms with E-state index < -0.39 is 12.1 Å². The van der Waals surface area contributed by atoms with Crippen molar-refractivity contribution in [3.8, 4) is 0 Å². The number of nitrogens with two attached hydrogens (primary N) is 1. The number of thiocarbonyl (C=S) groups is 1. The van der Waals surface area contributed by atoms with E-state index in [0.717, 1.165) is 0 Å². The summed E-state index contributed by atoms with van der Waals surface area (Å²) in [4.78, 5) is 24.6. The summed E-state index contributed by atoms with van der Waals surface area (Å²) in [6.45, 7) is 4.24. The zero-order valence-electron chi connectivity index (χ0n) is 9.74. The number of carbonyl (C=O) groups is 2. The highest BCUT2D eigenvalue weighted by molar-refractivity contribution is 7.80. The van der Waals surface area contributed by atoms with E-state index in [1.807, 2.05) is 0 Å². The van der Waals surface area contributed by atoms with Crippen molar-refractivity contribution in [1.29, 1.82) is 0 Å². The molecule has 92 valence electrons. The molecule has 6 nitrogen and oxygen atoms in total. The Morgan fingerprint density at radius 3 is 2.50 bits per heavy atom. The van der Waals surface area contributed by atoms with Gasteiger partial charge in [-0.15, -0.1) is 0 Å². The molecule has 0 bridgehead atoms. The third-order valence-electron chi connectivity index (χ3n) is 2.02. The molecule has 0 heterocycles. The first-order valence-electron chi connectivity index (χ1n) is 4.95. The Balaban J connectivity index is 4.16. The molecule has 0 fully saturated rings. The summed E-state index contributed by atoms with van der Waals surface area (Å²) in [5.41, 5.74) is 5.36. The Labute approximate surface area is 101 Å². The van der Waals surface area contributed by atoms with E-state index in [4.69, 9.17) is 18.0 Å². The Hall–Kier alpha value is -1.21. The highest BCUT2D eigenvalue weighted by Gasteiger charge is 2.19. The number of urea groups is 1. The van der Waals surface area contributed by atoms with Crippen molar-refractivity contribution in [3.05, 3.63) is 0 Å². The van der Waals surface area contributed by atoms with Crippen molar-refractivity contribution in [2.24, 2.45) is 5.73 Å². The fourth-order valence-corrected chi connectivity index (χ4v) is 1.21. The lowest BCUT2D eigenvalue weighted by atomic mass is 10.3. The van der Waals surface area contributed by atoms with Crippen LogP contribution in [-0.2, 0) is 4.79 Å². The highest BCUT2D eigenvalue weighted by Crippen LogP contribution is 1.95. The molecule has 0 aromatic rings. The summed E-state index contributed by atoms with van der Waals surface area (Å²) < 4.78 is 0. The first kappa shape index (κ1) is 14.8. The van der Waals surface area contributed by atoms with E-state index in [0.29, 0.717) is 18.1 Å². The summed E-state index contributed by atoms with van der Waals surface area (Å²) >= 11 is 4.73. The lowest BCUT2D eigenvalue weighted by Gasteiger charge is -2.22. The molecule has 0 aromatic heterocycles. The largest absolute Gasteiger partial charge is 0.392 e. The fraction of sp³-hybridized carbons (Fsp3) is 0.667. The third kappa shape index (κ3) is 5.62. The normalized spacial score (nSPS) is 12.0. The van der Waals surface area contributed by atoms with Gasteiger partial charge in [-0.3, -0.25) is 15.0 Å². The molecule has 0 aliphatic heterocycles. The van der Waals surface area contributed by atoms with Crippen molar-refractivity contribution >= 4 is 29.1 Å². The number of hydrogen-bond donors (Lipinski definition) is 3. The van der Waals surface area contributed by atoms with Crippen molar-refractivity contribution in [2.45, 2.75) is 19.9 Å². The molecule has 4 N–H and O–H groups in total. The molecule has 16 heavy (non-hydrogen) atoms. The number of hydrogen-bond acceptors (Lipinski definition) is 4. The average Bonchev–Trinajstić information content (AvgIpc) is 2.15. The van der Waals surface area contributed by atoms with Gasteiger partial charge in [0.05, 0.1) is 11.0 Å². The molecule has 0 radical (unpaired) electrons. The molecule has 0 saturated heterocycles. The quantitative estimate of drug-likeness (QED) is 0.566. The second kappa shape index (κ2) is 7.13. The van der Waals surface area contributed by atoms with E-state index >= 15 is 0 Å². The summed E-state index contributed by atoms with van der Waals surface area (Å²) in [5, 5.41) is 4.69. The maximum absolute atomic E-state index is 11.6. The zero-order valence-corrected chi connectivity index (χ0v) is 10.6. The first-order chi connectivity index (χ1) is 7.38. The number of carbonyl (C=O) groups excluding carboxylic acids is 2. The van der Waals surface area contributed by atoms with Crippen molar-refractivity contribution in [1.82, 2.24) is 15.5 Å². The summed E-state index contributed by atoms with van der Waals surface area (Å²) in [5.74, 6) is -0.385. The maximum atomic E-state index is 11.6. The van der Waals surface area contributed by atoms with Gasteiger partial charge in [-0.25, -0.2) is 4.79 Å². The molecule has 1 unspecified atom stereocenters.